The van der Waals surface area contributed by atoms with E-state index in [1.807, 2.05) is 49.4 Å². The first kappa shape index (κ1) is 16.6. The van der Waals surface area contributed by atoms with Crippen LogP contribution in [0.1, 0.15) is 40.4 Å². The van der Waals surface area contributed by atoms with E-state index < -0.39 is 0 Å². The van der Waals surface area contributed by atoms with Crippen molar-refractivity contribution >= 4 is 22.8 Å². The maximum absolute atomic E-state index is 12.8. The van der Waals surface area contributed by atoms with Crippen molar-refractivity contribution in [3.63, 3.8) is 0 Å². The van der Waals surface area contributed by atoms with E-state index in [2.05, 4.69) is 10.1 Å². The van der Waals surface area contributed by atoms with Crippen LogP contribution in [-0.4, -0.2) is 25.7 Å². The molecule has 1 saturated carbocycles. The minimum absolute atomic E-state index is 0.0782. The van der Waals surface area contributed by atoms with Gasteiger partial charge in [0.25, 0.3) is 5.91 Å². The van der Waals surface area contributed by atoms with Gasteiger partial charge in [-0.25, -0.2) is 0 Å². The summed E-state index contributed by atoms with van der Waals surface area (Å²) < 4.78 is 1.17. The lowest BCUT2D eigenvalue weighted by Gasteiger charge is -2.06. The molecule has 2 N–H and O–H groups in total. The fraction of sp³-hybridized carbons (Fsp3) is 0.182. The van der Waals surface area contributed by atoms with E-state index in [9.17, 15) is 4.79 Å². The lowest BCUT2D eigenvalue weighted by atomic mass is 10.1. The lowest BCUT2D eigenvalue weighted by Crippen LogP contribution is -2.16. The van der Waals surface area contributed by atoms with Gasteiger partial charge in [0, 0.05) is 28.1 Å². The van der Waals surface area contributed by atoms with Gasteiger partial charge < -0.3 is 5.73 Å². The quantitative estimate of drug-likeness (QED) is 0.591. The number of pyridine rings is 1. The van der Waals surface area contributed by atoms with Crippen molar-refractivity contribution in [2.75, 3.05) is 5.73 Å². The summed E-state index contributed by atoms with van der Waals surface area (Å²) in [6, 6.07) is 17.3. The second kappa shape index (κ2) is 6.27. The maximum atomic E-state index is 12.8. The van der Waals surface area contributed by atoms with E-state index in [1.165, 1.54) is 4.68 Å². The SMILES string of the molecule is Cc1ccc(C(=O)n2nc(-c3cc(C4CC4)nc4ccccc34)nc2N)cc1. The Labute approximate surface area is 162 Å². The van der Waals surface area contributed by atoms with Crippen LogP contribution >= 0.6 is 0 Å². The summed E-state index contributed by atoms with van der Waals surface area (Å²) in [4.78, 5) is 22.0. The molecule has 0 bridgehead atoms. The number of carbonyl (C=O) groups is 1. The lowest BCUT2D eigenvalue weighted by molar-refractivity contribution is 0.0948. The summed E-state index contributed by atoms with van der Waals surface area (Å²) in [5.41, 5.74) is 10.5. The van der Waals surface area contributed by atoms with Crippen molar-refractivity contribution < 1.29 is 4.79 Å². The summed E-state index contributed by atoms with van der Waals surface area (Å²) in [5, 5.41) is 5.40. The third-order valence-corrected chi connectivity index (χ3v) is 5.10. The number of aromatic nitrogens is 4. The minimum Gasteiger partial charge on any atom is -0.368 e. The first-order chi connectivity index (χ1) is 13.6. The smallest absolute Gasteiger partial charge is 0.281 e. The summed E-state index contributed by atoms with van der Waals surface area (Å²) in [5.74, 6) is 0.724. The largest absolute Gasteiger partial charge is 0.368 e. The molecule has 1 aliphatic rings. The highest BCUT2D eigenvalue weighted by atomic mass is 16.2. The molecule has 0 radical (unpaired) electrons. The standard InChI is InChI=1S/C22H19N5O/c1-13-6-8-15(9-7-13)21(28)27-22(23)25-20(26-27)17-12-19(14-10-11-14)24-18-5-3-2-4-16(17)18/h2-9,12,14H,10-11H2,1H3,(H2,23,25,26). The zero-order valence-corrected chi connectivity index (χ0v) is 15.5. The Bertz CT molecular complexity index is 1210. The average molecular weight is 369 g/mol. The first-order valence-corrected chi connectivity index (χ1v) is 9.34. The fourth-order valence-electron chi connectivity index (χ4n) is 3.38. The number of fused-ring (bicyclic) bond motifs is 1. The number of aryl methyl sites for hydroxylation is 1. The van der Waals surface area contributed by atoms with Crippen LogP contribution in [0.15, 0.2) is 54.6 Å². The number of para-hydroxylation sites is 1. The predicted molar refractivity (Wildman–Crippen MR) is 108 cm³/mol. The Morgan fingerprint density at radius 3 is 2.57 bits per heavy atom. The summed E-state index contributed by atoms with van der Waals surface area (Å²) >= 11 is 0. The zero-order chi connectivity index (χ0) is 19.3. The van der Waals surface area contributed by atoms with Crippen LogP contribution in [0.25, 0.3) is 22.3 Å². The van der Waals surface area contributed by atoms with Crippen LogP contribution in [0.2, 0.25) is 0 Å². The summed E-state index contributed by atoms with van der Waals surface area (Å²) in [6.45, 7) is 1.97. The van der Waals surface area contributed by atoms with E-state index in [4.69, 9.17) is 10.7 Å². The molecule has 4 aromatic rings. The Balaban J connectivity index is 1.62. The molecule has 2 heterocycles. The van der Waals surface area contributed by atoms with Crippen molar-refractivity contribution in [1.29, 1.82) is 0 Å². The molecule has 138 valence electrons. The Kier molecular flexibility index (Phi) is 3.72. The second-order valence-electron chi connectivity index (χ2n) is 7.26. The number of carbonyl (C=O) groups excluding carboxylic acids is 1. The number of hydrogen-bond donors (Lipinski definition) is 1. The molecule has 0 atom stereocenters. The van der Waals surface area contributed by atoms with Gasteiger partial charge in [0.1, 0.15) is 0 Å². The summed E-state index contributed by atoms with van der Waals surface area (Å²) in [7, 11) is 0. The Morgan fingerprint density at radius 1 is 1.07 bits per heavy atom. The van der Waals surface area contributed by atoms with Crippen molar-refractivity contribution in [2.24, 2.45) is 0 Å². The molecule has 6 nitrogen and oxygen atoms in total. The molecule has 2 aromatic heterocycles. The van der Waals surface area contributed by atoms with Gasteiger partial charge in [-0.15, -0.1) is 5.10 Å². The molecule has 0 aliphatic heterocycles. The second-order valence-corrected chi connectivity index (χ2v) is 7.26. The van der Waals surface area contributed by atoms with Gasteiger partial charge in [-0.2, -0.15) is 9.67 Å². The van der Waals surface area contributed by atoms with E-state index in [0.717, 1.165) is 40.6 Å². The van der Waals surface area contributed by atoms with Gasteiger partial charge in [-0.1, -0.05) is 35.9 Å². The third-order valence-electron chi connectivity index (χ3n) is 5.10. The van der Waals surface area contributed by atoms with E-state index >= 15 is 0 Å². The van der Waals surface area contributed by atoms with Gasteiger partial charge in [-0.05, 0) is 44.0 Å². The van der Waals surface area contributed by atoms with Crippen LogP contribution in [0.4, 0.5) is 5.95 Å². The van der Waals surface area contributed by atoms with Crippen molar-refractivity contribution in [1.82, 2.24) is 19.7 Å². The normalized spacial score (nSPS) is 13.8. The highest BCUT2D eigenvalue weighted by Gasteiger charge is 2.27. The molecular formula is C22H19N5O. The number of nitrogen functional groups attached to an aromatic ring is 1. The number of nitrogens with zero attached hydrogens (tertiary/aromatic N) is 4. The molecule has 5 rings (SSSR count). The van der Waals surface area contributed by atoms with Crippen LogP contribution in [-0.2, 0) is 0 Å². The van der Waals surface area contributed by atoms with E-state index in [0.29, 0.717) is 17.3 Å². The molecule has 0 amide bonds. The van der Waals surface area contributed by atoms with Gasteiger partial charge >= 0.3 is 0 Å². The number of anilines is 1. The average Bonchev–Trinajstić information content (AvgIpc) is 3.49. The Hall–Kier alpha value is -3.54. The number of hydrogen-bond acceptors (Lipinski definition) is 5. The Morgan fingerprint density at radius 2 is 1.82 bits per heavy atom. The fourth-order valence-corrected chi connectivity index (χ4v) is 3.38. The van der Waals surface area contributed by atoms with Gasteiger partial charge in [0.05, 0.1) is 5.52 Å². The number of nitrogens with two attached hydrogens (primary N) is 1. The molecule has 0 unspecified atom stereocenters. The first-order valence-electron chi connectivity index (χ1n) is 9.34. The molecule has 0 saturated heterocycles. The molecule has 2 aromatic carbocycles. The molecule has 28 heavy (non-hydrogen) atoms. The van der Waals surface area contributed by atoms with Crippen molar-refractivity contribution in [3.8, 4) is 11.4 Å². The highest BCUT2D eigenvalue weighted by Crippen LogP contribution is 2.41. The predicted octanol–water partition coefficient (Wildman–Crippen LogP) is 3.95. The summed E-state index contributed by atoms with van der Waals surface area (Å²) in [6.07, 6.45) is 2.31. The van der Waals surface area contributed by atoms with Crippen molar-refractivity contribution in [3.05, 3.63) is 71.4 Å². The molecule has 1 aliphatic carbocycles. The van der Waals surface area contributed by atoms with E-state index in [-0.39, 0.29) is 11.9 Å². The van der Waals surface area contributed by atoms with Crippen LogP contribution in [0.3, 0.4) is 0 Å². The van der Waals surface area contributed by atoms with Crippen LogP contribution < -0.4 is 5.73 Å². The number of benzene rings is 2. The van der Waals surface area contributed by atoms with Crippen molar-refractivity contribution in [2.45, 2.75) is 25.7 Å². The molecular weight excluding hydrogens is 350 g/mol. The minimum atomic E-state index is -0.294. The monoisotopic (exact) mass is 369 g/mol. The van der Waals surface area contributed by atoms with Gasteiger partial charge in [0.15, 0.2) is 5.82 Å². The maximum Gasteiger partial charge on any atom is 0.281 e. The zero-order valence-electron chi connectivity index (χ0n) is 15.5. The van der Waals surface area contributed by atoms with Crippen LogP contribution in [0.5, 0.6) is 0 Å². The van der Waals surface area contributed by atoms with Crippen LogP contribution in [0, 0.1) is 6.92 Å². The topological polar surface area (TPSA) is 86.7 Å². The van der Waals surface area contributed by atoms with Gasteiger partial charge in [-0.3, -0.25) is 9.78 Å². The third kappa shape index (κ3) is 2.83. The molecule has 0 spiro atoms. The highest BCUT2D eigenvalue weighted by molar-refractivity contribution is 5.98. The van der Waals surface area contributed by atoms with E-state index in [1.54, 1.807) is 12.1 Å². The van der Waals surface area contributed by atoms with Gasteiger partial charge in [0.2, 0.25) is 5.95 Å². The molecule has 6 heteroatoms. The number of rotatable bonds is 3. The molecule has 1 fully saturated rings.